The van der Waals surface area contributed by atoms with Gasteiger partial charge in [-0.15, -0.1) is 5.10 Å². The number of benzene rings is 2. The third-order valence-corrected chi connectivity index (χ3v) is 8.20. The molecule has 0 spiro atoms. The maximum atomic E-state index is 13.7. The van der Waals surface area contributed by atoms with E-state index in [0.29, 0.717) is 28.4 Å². The van der Waals surface area contributed by atoms with Gasteiger partial charge in [-0.2, -0.15) is 0 Å². The van der Waals surface area contributed by atoms with Crippen molar-refractivity contribution in [2.75, 3.05) is 52.4 Å². The van der Waals surface area contributed by atoms with Crippen LogP contribution in [0.5, 0.6) is 17.2 Å². The van der Waals surface area contributed by atoms with Crippen molar-refractivity contribution in [2.24, 2.45) is 0 Å². The number of nitrogens with one attached hydrogen (secondary N) is 1. The van der Waals surface area contributed by atoms with Gasteiger partial charge in [-0.05, 0) is 47.5 Å². The number of ether oxygens (including phenoxy) is 3. The topological polar surface area (TPSA) is 111 Å². The molecule has 1 aliphatic heterocycles. The van der Waals surface area contributed by atoms with Crippen molar-refractivity contribution in [2.45, 2.75) is 37.8 Å². The van der Waals surface area contributed by atoms with E-state index in [1.807, 2.05) is 28.9 Å². The number of rotatable bonds is 8. The Bertz CT molecular complexity index is 1540. The summed E-state index contributed by atoms with van der Waals surface area (Å²) in [4.78, 5) is 21.5. The number of methoxy groups -OCH3 is 3. The molecule has 2 aromatic heterocycles. The number of aromatic nitrogens is 5. The number of H-pyrrole nitrogens is 1. The minimum atomic E-state index is -0.399. The van der Waals surface area contributed by atoms with Crippen molar-refractivity contribution in [3.8, 4) is 17.2 Å². The number of tetrazole rings is 1. The normalized spacial score (nSPS) is 17.3. The van der Waals surface area contributed by atoms with E-state index in [0.717, 1.165) is 68.7 Å². The Hall–Kier alpha value is -4.12. The van der Waals surface area contributed by atoms with Gasteiger partial charge in [0.05, 0.1) is 32.9 Å². The molecule has 40 heavy (non-hydrogen) atoms. The van der Waals surface area contributed by atoms with Gasteiger partial charge >= 0.3 is 0 Å². The minimum Gasteiger partial charge on any atom is -0.497 e. The van der Waals surface area contributed by atoms with Crippen molar-refractivity contribution in [3.63, 3.8) is 0 Å². The first kappa shape index (κ1) is 26.1. The highest BCUT2D eigenvalue weighted by Gasteiger charge is 2.35. The zero-order chi connectivity index (χ0) is 27.6. The number of piperazine rings is 1. The number of fused-ring (bicyclic) bond motifs is 1. The fraction of sp³-hybridized carbons (Fsp3) is 0.448. The molecule has 1 saturated heterocycles. The fourth-order valence-electron chi connectivity index (χ4n) is 6.09. The first-order valence-corrected chi connectivity index (χ1v) is 13.8. The lowest BCUT2D eigenvalue weighted by Gasteiger charge is -2.40. The van der Waals surface area contributed by atoms with Crippen molar-refractivity contribution in [3.05, 3.63) is 64.2 Å². The smallest absolute Gasteiger partial charge is 0.253 e. The fourth-order valence-corrected chi connectivity index (χ4v) is 6.09. The molecule has 0 radical (unpaired) electrons. The summed E-state index contributed by atoms with van der Waals surface area (Å²) in [5.74, 6) is 2.72. The molecule has 11 nitrogen and oxygen atoms in total. The van der Waals surface area contributed by atoms with Gasteiger partial charge in [-0.3, -0.25) is 9.69 Å². The van der Waals surface area contributed by atoms with Crippen LogP contribution in [0.3, 0.4) is 0 Å². The monoisotopic (exact) mass is 545 g/mol. The summed E-state index contributed by atoms with van der Waals surface area (Å²) >= 11 is 0. The van der Waals surface area contributed by atoms with Gasteiger partial charge in [0.25, 0.3) is 5.56 Å². The molecule has 0 amide bonds. The first-order chi connectivity index (χ1) is 19.6. The highest BCUT2D eigenvalue weighted by molar-refractivity contribution is 5.83. The van der Waals surface area contributed by atoms with Crippen LogP contribution >= 0.6 is 0 Å². The van der Waals surface area contributed by atoms with Gasteiger partial charge in [-0.25, -0.2) is 4.68 Å². The van der Waals surface area contributed by atoms with E-state index in [9.17, 15) is 4.79 Å². The average Bonchev–Trinajstić information content (AvgIpc) is 3.70. The Morgan fingerprint density at radius 2 is 1.68 bits per heavy atom. The van der Waals surface area contributed by atoms with Crippen molar-refractivity contribution < 1.29 is 14.2 Å². The van der Waals surface area contributed by atoms with Gasteiger partial charge in [0.2, 0.25) is 0 Å². The zero-order valence-electron chi connectivity index (χ0n) is 23.2. The van der Waals surface area contributed by atoms with Gasteiger partial charge < -0.3 is 24.1 Å². The molecule has 1 N–H and O–H groups in total. The Labute approximate surface area is 232 Å². The van der Waals surface area contributed by atoms with E-state index in [4.69, 9.17) is 14.2 Å². The number of nitrogens with zero attached hydrogens (tertiary/aromatic N) is 6. The second-order valence-electron chi connectivity index (χ2n) is 10.4. The van der Waals surface area contributed by atoms with E-state index < -0.39 is 6.04 Å². The van der Waals surface area contributed by atoms with Crippen LogP contribution in [0.15, 0.2) is 47.3 Å². The predicted molar refractivity (Wildman–Crippen MR) is 152 cm³/mol. The van der Waals surface area contributed by atoms with E-state index in [1.165, 1.54) is 0 Å². The third-order valence-electron chi connectivity index (χ3n) is 8.20. The van der Waals surface area contributed by atoms with E-state index in [-0.39, 0.29) is 11.6 Å². The predicted octanol–water partition coefficient (Wildman–Crippen LogP) is 3.57. The third kappa shape index (κ3) is 4.85. The lowest BCUT2D eigenvalue weighted by atomic mass is 10.0. The Balaban J connectivity index is 1.39. The van der Waals surface area contributed by atoms with Crippen LogP contribution in [0.2, 0.25) is 0 Å². The number of hydrogen-bond acceptors (Lipinski definition) is 9. The Morgan fingerprint density at radius 3 is 2.40 bits per heavy atom. The SMILES string of the molecule is COc1cccc(N2CCN([C@@H](c3cc4cc(OC)c(OC)cc4[nH]c3=O)c3nnnn3C3CCCC3)CC2)c1. The minimum absolute atomic E-state index is 0.166. The van der Waals surface area contributed by atoms with Crippen LogP contribution in [0.25, 0.3) is 10.9 Å². The maximum absolute atomic E-state index is 13.7. The van der Waals surface area contributed by atoms with Crippen LogP contribution in [-0.2, 0) is 0 Å². The van der Waals surface area contributed by atoms with Gasteiger partial charge in [0.15, 0.2) is 17.3 Å². The second-order valence-corrected chi connectivity index (χ2v) is 10.4. The molecule has 1 atom stereocenters. The van der Waals surface area contributed by atoms with Gasteiger partial charge in [-0.1, -0.05) is 18.9 Å². The summed E-state index contributed by atoms with van der Waals surface area (Å²) < 4.78 is 18.4. The molecule has 1 aliphatic carbocycles. The highest BCUT2D eigenvalue weighted by atomic mass is 16.5. The molecule has 4 aromatic rings. The summed E-state index contributed by atoms with van der Waals surface area (Å²) in [5.41, 5.74) is 2.25. The molecule has 0 unspecified atom stereocenters. The standard InChI is InChI=1S/C29H35N7O4/c1-38-22-10-6-9-21(17-22)34-11-13-35(14-12-34)27(28-31-32-33-36(28)20-7-4-5-8-20)23-15-19-16-25(39-2)26(40-3)18-24(19)30-29(23)37/h6,9-10,15-18,20,27H,4-5,7-8,11-14H2,1-3H3,(H,30,37)/t27-/m0/s1. The number of pyridine rings is 1. The average molecular weight is 546 g/mol. The molecule has 11 heteroatoms. The van der Waals surface area contributed by atoms with E-state index in [2.05, 4.69) is 42.4 Å². The molecule has 210 valence electrons. The number of hydrogen-bond donors (Lipinski definition) is 1. The molecule has 2 aromatic carbocycles. The molecular formula is C29H35N7O4. The molecule has 1 saturated carbocycles. The molecule has 2 fully saturated rings. The maximum Gasteiger partial charge on any atom is 0.253 e. The largest absolute Gasteiger partial charge is 0.497 e. The summed E-state index contributed by atoms with van der Waals surface area (Å²) in [5, 5.41) is 13.9. The summed E-state index contributed by atoms with van der Waals surface area (Å²) in [6.45, 7) is 3.07. The van der Waals surface area contributed by atoms with Gasteiger partial charge in [0.1, 0.15) is 11.8 Å². The lowest BCUT2D eigenvalue weighted by Crippen LogP contribution is -2.49. The van der Waals surface area contributed by atoms with Crippen LogP contribution in [0.1, 0.15) is 49.2 Å². The lowest BCUT2D eigenvalue weighted by molar-refractivity contribution is 0.197. The van der Waals surface area contributed by atoms with E-state index in [1.54, 1.807) is 27.4 Å². The van der Waals surface area contributed by atoms with Crippen LogP contribution in [0, 0.1) is 0 Å². The molecule has 2 aliphatic rings. The first-order valence-electron chi connectivity index (χ1n) is 13.8. The van der Waals surface area contributed by atoms with Crippen LogP contribution in [0.4, 0.5) is 5.69 Å². The van der Waals surface area contributed by atoms with Crippen LogP contribution < -0.4 is 24.7 Å². The molecular weight excluding hydrogens is 510 g/mol. The highest BCUT2D eigenvalue weighted by Crippen LogP contribution is 2.36. The number of anilines is 1. The molecule has 3 heterocycles. The summed E-state index contributed by atoms with van der Waals surface area (Å²) in [7, 11) is 4.87. The van der Waals surface area contributed by atoms with Crippen molar-refractivity contribution in [1.29, 1.82) is 0 Å². The van der Waals surface area contributed by atoms with Crippen molar-refractivity contribution in [1.82, 2.24) is 30.1 Å². The zero-order valence-corrected chi connectivity index (χ0v) is 23.2. The quantitative estimate of drug-likeness (QED) is 0.355. The van der Waals surface area contributed by atoms with Crippen molar-refractivity contribution >= 4 is 16.6 Å². The van der Waals surface area contributed by atoms with Crippen LogP contribution in [-0.4, -0.2) is 77.6 Å². The van der Waals surface area contributed by atoms with Gasteiger partial charge in [0, 0.05) is 54.9 Å². The molecule has 6 rings (SSSR count). The Morgan fingerprint density at radius 1 is 0.925 bits per heavy atom. The second kappa shape index (κ2) is 11.2. The number of aromatic amines is 1. The summed E-state index contributed by atoms with van der Waals surface area (Å²) in [6, 6.07) is 13.6. The Kier molecular flexibility index (Phi) is 7.29. The van der Waals surface area contributed by atoms with E-state index >= 15 is 0 Å². The molecule has 0 bridgehead atoms. The summed E-state index contributed by atoms with van der Waals surface area (Å²) in [6.07, 6.45) is 4.40.